The van der Waals surface area contributed by atoms with Gasteiger partial charge >= 0.3 is 0 Å². The quantitative estimate of drug-likeness (QED) is 0.842. The van der Waals surface area contributed by atoms with Crippen LogP contribution in [0.4, 0.5) is 0 Å². The van der Waals surface area contributed by atoms with Crippen molar-refractivity contribution < 1.29 is 4.79 Å². The summed E-state index contributed by atoms with van der Waals surface area (Å²) in [6, 6.07) is 0.506. The van der Waals surface area contributed by atoms with Crippen LogP contribution in [0.1, 0.15) is 65.7 Å². The van der Waals surface area contributed by atoms with Crippen LogP contribution >= 0.6 is 0 Å². The molecule has 0 aromatic heterocycles. The fourth-order valence-electron chi connectivity index (χ4n) is 3.91. The van der Waals surface area contributed by atoms with Crippen LogP contribution in [0.5, 0.6) is 0 Å². The van der Waals surface area contributed by atoms with Crippen LogP contribution in [0, 0.1) is 17.8 Å². The van der Waals surface area contributed by atoms with Crippen molar-refractivity contribution in [2.24, 2.45) is 17.8 Å². The molecule has 0 spiro atoms. The largest absolute Gasteiger partial charge is 0.341 e. The van der Waals surface area contributed by atoms with Gasteiger partial charge in [-0.15, -0.1) is 0 Å². The average molecular weight is 294 g/mol. The Kier molecular flexibility index (Phi) is 6.53. The standard InChI is InChI=1S/C18H34N2O/c1-14(2)9-18(21)20-12-15(3)10-17(13-20)19-11-16-7-5-4-6-8-16/h14-17,19H,4-13H2,1-3H3. The van der Waals surface area contributed by atoms with Gasteiger partial charge in [0.25, 0.3) is 0 Å². The number of hydrogen-bond acceptors (Lipinski definition) is 2. The van der Waals surface area contributed by atoms with E-state index in [0.717, 1.165) is 25.6 Å². The Morgan fingerprint density at radius 1 is 1.19 bits per heavy atom. The van der Waals surface area contributed by atoms with Gasteiger partial charge in [0.1, 0.15) is 0 Å². The van der Waals surface area contributed by atoms with Gasteiger partial charge in [0.2, 0.25) is 5.91 Å². The minimum atomic E-state index is 0.348. The summed E-state index contributed by atoms with van der Waals surface area (Å²) < 4.78 is 0. The highest BCUT2D eigenvalue weighted by Gasteiger charge is 2.28. The number of carbonyl (C=O) groups excluding carboxylic acids is 1. The van der Waals surface area contributed by atoms with Crippen LogP contribution < -0.4 is 5.32 Å². The molecule has 1 heterocycles. The number of piperidine rings is 1. The number of nitrogens with zero attached hydrogens (tertiary/aromatic N) is 1. The summed E-state index contributed by atoms with van der Waals surface area (Å²) in [5, 5.41) is 3.77. The van der Waals surface area contributed by atoms with Crippen LogP contribution in [0.15, 0.2) is 0 Å². The molecular formula is C18H34N2O. The highest BCUT2D eigenvalue weighted by molar-refractivity contribution is 5.76. The number of amides is 1. The number of carbonyl (C=O) groups is 1. The number of hydrogen-bond donors (Lipinski definition) is 1. The molecule has 1 amide bonds. The van der Waals surface area contributed by atoms with E-state index in [2.05, 4.69) is 31.0 Å². The van der Waals surface area contributed by atoms with E-state index in [1.165, 1.54) is 38.5 Å². The molecule has 1 aliphatic heterocycles. The zero-order chi connectivity index (χ0) is 15.2. The van der Waals surface area contributed by atoms with E-state index in [0.29, 0.717) is 30.2 Å². The molecule has 0 radical (unpaired) electrons. The van der Waals surface area contributed by atoms with E-state index in [1.807, 2.05) is 0 Å². The van der Waals surface area contributed by atoms with Crippen molar-refractivity contribution in [2.75, 3.05) is 19.6 Å². The first-order valence-electron chi connectivity index (χ1n) is 9.05. The molecule has 2 fully saturated rings. The van der Waals surface area contributed by atoms with Crippen LogP contribution in [-0.2, 0) is 4.79 Å². The van der Waals surface area contributed by atoms with Gasteiger partial charge in [-0.25, -0.2) is 0 Å². The topological polar surface area (TPSA) is 32.3 Å². The van der Waals surface area contributed by atoms with Crippen LogP contribution in [0.25, 0.3) is 0 Å². The van der Waals surface area contributed by atoms with Gasteiger partial charge in [0, 0.05) is 25.6 Å². The Labute approximate surface area is 130 Å². The van der Waals surface area contributed by atoms with Crippen LogP contribution in [-0.4, -0.2) is 36.5 Å². The highest BCUT2D eigenvalue weighted by Crippen LogP contribution is 2.24. The summed E-state index contributed by atoms with van der Waals surface area (Å²) in [5.41, 5.74) is 0. The molecular weight excluding hydrogens is 260 g/mol. The molecule has 21 heavy (non-hydrogen) atoms. The predicted molar refractivity (Wildman–Crippen MR) is 88.2 cm³/mol. The minimum absolute atomic E-state index is 0.348. The third-order valence-electron chi connectivity index (χ3n) is 5.02. The zero-order valence-electron chi connectivity index (χ0n) is 14.2. The van der Waals surface area contributed by atoms with Gasteiger partial charge < -0.3 is 10.2 Å². The van der Waals surface area contributed by atoms with Gasteiger partial charge in [-0.1, -0.05) is 40.0 Å². The Morgan fingerprint density at radius 2 is 1.90 bits per heavy atom. The summed E-state index contributed by atoms with van der Waals surface area (Å²) in [5.74, 6) is 2.30. The lowest BCUT2D eigenvalue weighted by molar-refractivity contribution is -0.134. The molecule has 0 aromatic rings. The summed E-state index contributed by atoms with van der Waals surface area (Å²) in [4.78, 5) is 14.4. The van der Waals surface area contributed by atoms with E-state index in [-0.39, 0.29) is 0 Å². The minimum Gasteiger partial charge on any atom is -0.341 e. The molecule has 1 aliphatic carbocycles. The third-order valence-corrected chi connectivity index (χ3v) is 5.02. The fourth-order valence-corrected chi connectivity index (χ4v) is 3.91. The monoisotopic (exact) mass is 294 g/mol. The third kappa shape index (κ3) is 5.61. The van der Waals surface area contributed by atoms with Crippen molar-refractivity contribution in [1.82, 2.24) is 10.2 Å². The molecule has 0 bridgehead atoms. The summed E-state index contributed by atoms with van der Waals surface area (Å²) in [6.45, 7) is 9.57. The summed E-state index contributed by atoms with van der Waals surface area (Å²) in [6.07, 6.45) is 8.95. The van der Waals surface area contributed by atoms with E-state index >= 15 is 0 Å². The first kappa shape index (κ1) is 16.8. The van der Waals surface area contributed by atoms with Crippen LogP contribution in [0.2, 0.25) is 0 Å². The maximum Gasteiger partial charge on any atom is 0.222 e. The SMILES string of the molecule is CC(C)CC(=O)N1CC(C)CC(NCC2CCCCC2)C1. The second-order valence-electron chi connectivity index (χ2n) is 7.85. The van der Waals surface area contributed by atoms with E-state index < -0.39 is 0 Å². The lowest BCUT2D eigenvalue weighted by Crippen LogP contribution is -2.51. The second-order valence-corrected chi connectivity index (χ2v) is 7.85. The number of nitrogens with one attached hydrogen (secondary N) is 1. The van der Waals surface area contributed by atoms with Crippen molar-refractivity contribution in [3.8, 4) is 0 Å². The molecule has 2 rings (SSSR count). The maximum absolute atomic E-state index is 12.3. The predicted octanol–water partition coefficient (Wildman–Crippen LogP) is 3.44. The molecule has 3 heteroatoms. The smallest absolute Gasteiger partial charge is 0.222 e. The lowest BCUT2D eigenvalue weighted by atomic mass is 9.88. The Balaban J connectivity index is 1.78. The Hall–Kier alpha value is -0.570. The average Bonchev–Trinajstić information content (AvgIpc) is 2.45. The van der Waals surface area contributed by atoms with Crippen molar-refractivity contribution in [3.05, 3.63) is 0 Å². The van der Waals surface area contributed by atoms with Crippen molar-refractivity contribution >= 4 is 5.91 Å². The van der Waals surface area contributed by atoms with E-state index in [1.54, 1.807) is 0 Å². The second kappa shape index (κ2) is 8.17. The highest BCUT2D eigenvalue weighted by atomic mass is 16.2. The fraction of sp³-hybridized carbons (Fsp3) is 0.944. The molecule has 0 aromatic carbocycles. The number of rotatable bonds is 5. The van der Waals surface area contributed by atoms with Crippen molar-refractivity contribution in [1.29, 1.82) is 0 Å². The van der Waals surface area contributed by atoms with Gasteiger partial charge in [0.15, 0.2) is 0 Å². The Bertz CT molecular complexity index is 323. The first-order chi connectivity index (χ1) is 10.0. The molecule has 2 unspecified atom stereocenters. The molecule has 2 aliphatic rings. The summed E-state index contributed by atoms with van der Waals surface area (Å²) in [7, 11) is 0. The normalized spacial score (nSPS) is 28.1. The Morgan fingerprint density at radius 3 is 2.57 bits per heavy atom. The van der Waals surface area contributed by atoms with Crippen LogP contribution in [0.3, 0.4) is 0 Å². The molecule has 3 nitrogen and oxygen atoms in total. The van der Waals surface area contributed by atoms with Crippen molar-refractivity contribution in [3.63, 3.8) is 0 Å². The van der Waals surface area contributed by atoms with E-state index in [9.17, 15) is 4.79 Å². The van der Waals surface area contributed by atoms with Gasteiger partial charge in [-0.3, -0.25) is 4.79 Å². The van der Waals surface area contributed by atoms with E-state index in [4.69, 9.17) is 0 Å². The molecule has 1 saturated heterocycles. The maximum atomic E-state index is 12.3. The molecule has 2 atom stereocenters. The number of likely N-dealkylation sites (tertiary alicyclic amines) is 1. The molecule has 1 N–H and O–H groups in total. The molecule has 1 saturated carbocycles. The van der Waals surface area contributed by atoms with Crippen molar-refractivity contribution in [2.45, 2.75) is 71.8 Å². The van der Waals surface area contributed by atoms with Gasteiger partial charge in [0.05, 0.1) is 0 Å². The molecule has 122 valence electrons. The zero-order valence-corrected chi connectivity index (χ0v) is 14.2. The first-order valence-corrected chi connectivity index (χ1v) is 9.05. The van der Waals surface area contributed by atoms with Gasteiger partial charge in [-0.2, -0.15) is 0 Å². The lowest BCUT2D eigenvalue weighted by Gasteiger charge is -2.38. The van der Waals surface area contributed by atoms with Gasteiger partial charge in [-0.05, 0) is 43.6 Å². The summed E-state index contributed by atoms with van der Waals surface area (Å²) >= 11 is 0.